The van der Waals surface area contributed by atoms with Crippen LogP contribution >= 0.6 is 31.9 Å². The molecule has 1 fully saturated rings. The maximum atomic E-state index is 6.12. The Balaban J connectivity index is 1.60. The van der Waals surface area contributed by atoms with Crippen molar-refractivity contribution in [2.45, 2.75) is 0 Å². The molecule has 0 aliphatic carbocycles. The third-order valence-corrected chi connectivity index (χ3v) is 5.90. The minimum atomic E-state index is 0.0777. The van der Waals surface area contributed by atoms with E-state index in [2.05, 4.69) is 51.8 Å². The molecule has 2 aromatic carbocycles. The first-order chi connectivity index (χ1) is 15.3. The average molecular weight is 564 g/mol. The largest absolute Gasteiger partial charge is 0.369 e. The van der Waals surface area contributed by atoms with Gasteiger partial charge in [-0.25, -0.2) is 9.98 Å². The van der Waals surface area contributed by atoms with Crippen LogP contribution in [0.15, 0.2) is 77.4 Å². The van der Waals surface area contributed by atoms with E-state index in [1.54, 1.807) is 0 Å². The summed E-state index contributed by atoms with van der Waals surface area (Å²) in [5, 5.41) is 0. The van der Waals surface area contributed by atoms with Crippen molar-refractivity contribution in [1.29, 1.82) is 0 Å². The van der Waals surface area contributed by atoms with Gasteiger partial charge in [-0.3, -0.25) is 0 Å². The zero-order valence-corrected chi connectivity index (χ0v) is 20.4. The van der Waals surface area contributed by atoms with Crippen molar-refractivity contribution in [3.05, 3.63) is 57.5 Å². The summed E-state index contributed by atoms with van der Waals surface area (Å²) in [6.45, 7) is 2.37. The lowest BCUT2D eigenvalue weighted by molar-refractivity contribution is 0.255. The highest BCUT2D eigenvalue weighted by atomic mass is 79.9. The van der Waals surface area contributed by atoms with E-state index in [9.17, 15) is 0 Å². The van der Waals surface area contributed by atoms with Crippen LogP contribution in [0.4, 0.5) is 11.4 Å². The number of piperazine rings is 1. The van der Waals surface area contributed by atoms with Crippen LogP contribution in [-0.4, -0.2) is 59.8 Å². The van der Waals surface area contributed by atoms with Gasteiger partial charge in [0.15, 0.2) is 11.9 Å². The fourth-order valence-electron chi connectivity index (χ4n) is 2.92. The van der Waals surface area contributed by atoms with Crippen LogP contribution < -0.4 is 22.9 Å². The lowest BCUT2D eigenvalue weighted by Crippen LogP contribution is -2.54. The second-order valence-electron chi connectivity index (χ2n) is 6.76. The smallest absolute Gasteiger partial charge is 0.223 e. The summed E-state index contributed by atoms with van der Waals surface area (Å²) in [6.07, 6.45) is 0. The van der Waals surface area contributed by atoms with Crippen LogP contribution in [0.1, 0.15) is 0 Å². The van der Waals surface area contributed by atoms with E-state index in [4.69, 9.17) is 22.9 Å². The van der Waals surface area contributed by atoms with Gasteiger partial charge < -0.3 is 32.7 Å². The molecule has 1 saturated heterocycles. The Morgan fingerprint density at radius 1 is 0.625 bits per heavy atom. The highest BCUT2D eigenvalue weighted by Gasteiger charge is 2.20. The summed E-state index contributed by atoms with van der Waals surface area (Å²) in [7, 11) is 0. The van der Waals surface area contributed by atoms with E-state index in [0.717, 1.165) is 8.95 Å². The van der Waals surface area contributed by atoms with Gasteiger partial charge in [0.2, 0.25) is 11.9 Å². The molecule has 1 aliphatic rings. The average Bonchev–Trinajstić information content (AvgIpc) is 2.77. The van der Waals surface area contributed by atoms with Gasteiger partial charge in [0.1, 0.15) is 0 Å². The molecule has 0 atom stereocenters. The molecule has 168 valence electrons. The number of rotatable bonds is 2. The predicted molar refractivity (Wildman–Crippen MR) is 137 cm³/mol. The minimum Gasteiger partial charge on any atom is -0.369 e. The Hall–Kier alpha value is -3.12. The summed E-state index contributed by atoms with van der Waals surface area (Å²) in [4.78, 5) is 20.8. The second-order valence-corrected chi connectivity index (χ2v) is 8.47. The molecule has 2 aromatic rings. The zero-order chi connectivity index (χ0) is 23.1. The molecule has 12 heteroatoms. The molecule has 10 nitrogen and oxygen atoms in total. The van der Waals surface area contributed by atoms with Crippen molar-refractivity contribution in [3.8, 4) is 0 Å². The third kappa shape index (κ3) is 6.44. The van der Waals surface area contributed by atoms with Crippen LogP contribution in [0.3, 0.4) is 0 Å². The molecule has 1 heterocycles. The van der Waals surface area contributed by atoms with E-state index >= 15 is 0 Å². The number of aliphatic imine (C=N–C) groups is 4. The molecule has 0 saturated carbocycles. The van der Waals surface area contributed by atoms with Crippen molar-refractivity contribution >= 4 is 67.1 Å². The summed E-state index contributed by atoms with van der Waals surface area (Å²) in [6, 6.07) is 14.9. The van der Waals surface area contributed by atoms with Crippen LogP contribution in [0.25, 0.3) is 0 Å². The quantitative estimate of drug-likeness (QED) is 0.323. The summed E-state index contributed by atoms with van der Waals surface area (Å²) >= 11 is 6.85. The third-order valence-electron chi connectivity index (χ3n) is 4.56. The van der Waals surface area contributed by atoms with Gasteiger partial charge in [0.05, 0.1) is 11.4 Å². The molecule has 0 spiro atoms. The molecule has 0 unspecified atom stereocenters. The number of nitrogens with zero attached hydrogens (tertiary/aromatic N) is 6. The Morgan fingerprint density at radius 3 is 1.31 bits per heavy atom. The number of benzene rings is 2. The SMILES string of the molecule is NC(=Nc1ccccc1Br)/N=C(\N)N1CCN(/C(N)=N/C(N)=Nc2ccccc2Br)CC1. The van der Waals surface area contributed by atoms with E-state index in [1.165, 1.54) is 0 Å². The number of halogens is 2. The number of hydrogen-bond acceptors (Lipinski definition) is 2. The van der Waals surface area contributed by atoms with Crippen molar-refractivity contribution in [1.82, 2.24) is 9.80 Å². The molecule has 0 amide bonds. The zero-order valence-electron chi connectivity index (χ0n) is 17.2. The number of guanidine groups is 4. The first-order valence-corrected chi connectivity index (χ1v) is 11.3. The first-order valence-electron chi connectivity index (χ1n) is 9.69. The number of para-hydroxylation sites is 2. The van der Waals surface area contributed by atoms with E-state index in [1.807, 2.05) is 58.3 Å². The van der Waals surface area contributed by atoms with Gasteiger partial charge in [-0.15, -0.1) is 0 Å². The van der Waals surface area contributed by atoms with Gasteiger partial charge in [-0.1, -0.05) is 24.3 Å². The van der Waals surface area contributed by atoms with Crippen molar-refractivity contribution in [2.75, 3.05) is 26.2 Å². The monoisotopic (exact) mass is 562 g/mol. The molecular weight excluding hydrogens is 540 g/mol. The number of nitrogens with two attached hydrogens (primary N) is 4. The summed E-state index contributed by atoms with van der Waals surface area (Å²) in [5.74, 6) is 0.745. The van der Waals surface area contributed by atoms with Gasteiger partial charge in [-0.05, 0) is 56.1 Å². The summed E-state index contributed by atoms with van der Waals surface area (Å²) < 4.78 is 1.64. The van der Waals surface area contributed by atoms with E-state index in [0.29, 0.717) is 49.5 Å². The van der Waals surface area contributed by atoms with E-state index < -0.39 is 0 Å². The second kappa shape index (κ2) is 11.0. The predicted octanol–water partition coefficient (Wildman–Crippen LogP) is 2.05. The summed E-state index contributed by atoms with van der Waals surface area (Å²) in [5.41, 5.74) is 25.5. The minimum absolute atomic E-state index is 0.0777. The standard InChI is InChI=1S/C20H24Br2N10/c21-13-5-1-3-7-15(13)27-17(23)29-19(25)31-9-11-32(12-10-31)20(26)30-18(24)28-16-8-4-2-6-14(16)22/h1-8H,9-12H2,(H4,23,25,27,29)(H4,24,26,28,30). The lowest BCUT2D eigenvalue weighted by Gasteiger charge is -2.35. The van der Waals surface area contributed by atoms with E-state index in [-0.39, 0.29) is 11.9 Å². The molecule has 8 N–H and O–H groups in total. The molecule has 0 bridgehead atoms. The maximum Gasteiger partial charge on any atom is 0.223 e. The van der Waals surface area contributed by atoms with Crippen LogP contribution in [0.5, 0.6) is 0 Å². The Morgan fingerprint density at radius 2 is 0.969 bits per heavy atom. The van der Waals surface area contributed by atoms with Crippen molar-refractivity contribution in [2.24, 2.45) is 42.9 Å². The van der Waals surface area contributed by atoms with Crippen LogP contribution in [-0.2, 0) is 0 Å². The van der Waals surface area contributed by atoms with Gasteiger partial charge >= 0.3 is 0 Å². The molecule has 0 aromatic heterocycles. The van der Waals surface area contributed by atoms with Gasteiger partial charge in [-0.2, -0.15) is 9.98 Å². The van der Waals surface area contributed by atoms with Crippen molar-refractivity contribution in [3.63, 3.8) is 0 Å². The molecular formula is C20H24Br2N10. The highest BCUT2D eigenvalue weighted by Crippen LogP contribution is 2.25. The molecule has 3 rings (SSSR count). The van der Waals surface area contributed by atoms with Gasteiger partial charge in [0.25, 0.3) is 0 Å². The van der Waals surface area contributed by atoms with Gasteiger partial charge in [0, 0.05) is 35.1 Å². The lowest BCUT2D eigenvalue weighted by atomic mass is 10.3. The Kier molecular flexibility index (Phi) is 8.06. The van der Waals surface area contributed by atoms with Crippen LogP contribution in [0, 0.1) is 0 Å². The van der Waals surface area contributed by atoms with Crippen molar-refractivity contribution < 1.29 is 0 Å². The molecule has 1 aliphatic heterocycles. The fraction of sp³-hybridized carbons (Fsp3) is 0.200. The Labute approximate surface area is 203 Å². The first kappa shape index (κ1) is 23.5. The maximum absolute atomic E-state index is 6.12. The topological polar surface area (TPSA) is 160 Å². The van der Waals surface area contributed by atoms with Crippen LogP contribution in [0.2, 0.25) is 0 Å². The normalized spacial score (nSPS) is 16.4. The molecule has 32 heavy (non-hydrogen) atoms. The Bertz CT molecular complexity index is 986. The fourth-order valence-corrected chi connectivity index (χ4v) is 3.67. The highest BCUT2D eigenvalue weighted by molar-refractivity contribution is 9.11. The molecule has 0 radical (unpaired) electrons. The number of hydrogen-bond donors (Lipinski definition) is 4.